The van der Waals surface area contributed by atoms with Crippen LogP contribution in [0.5, 0.6) is 0 Å². The quantitative estimate of drug-likeness (QED) is 0.563. The predicted octanol–water partition coefficient (Wildman–Crippen LogP) is 1.53. The molecule has 1 saturated heterocycles. The number of rotatable bonds is 7. The van der Waals surface area contributed by atoms with Crippen molar-refractivity contribution < 1.29 is 14.3 Å². The van der Waals surface area contributed by atoms with Crippen molar-refractivity contribution in [3.8, 4) is 5.69 Å². The van der Waals surface area contributed by atoms with Crippen molar-refractivity contribution in [1.82, 2.24) is 30.4 Å². The minimum Gasteiger partial charge on any atom is -0.467 e. The maximum atomic E-state index is 12.9. The van der Waals surface area contributed by atoms with Crippen molar-refractivity contribution in [3.05, 3.63) is 72.1 Å². The van der Waals surface area contributed by atoms with E-state index in [1.165, 1.54) is 19.0 Å². The molecule has 0 aliphatic carbocycles. The number of likely N-dealkylation sites (tertiary alicyclic amines) is 1. The van der Waals surface area contributed by atoms with Gasteiger partial charge in [0, 0.05) is 13.1 Å². The van der Waals surface area contributed by atoms with Crippen LogP contribution in [0.4, 0.5) is 0 Å². The number of piperidine rings is 1. The zero-order chi connectivity index (χ0) is 22.4. The maximum absolute atomic E-state index is 12.9. The molecule has 4 rings (SSSR count). The number of hydrogen-bond acceptors (Lipinski definition) is 7. The number of ether oxygens (including phenoxy) is 1. The fourth-order valence-corrected chi connectivity index (χ4v) is 4.18. The number of carbonyl (C=O) groups excluding carboxylic acids is 2. The number of hydrogen-bond donors (Lipinski definition) is 1. The molecule has 0 radical (unpaired) electrons. The van der Waals surface area contributed by atoms with Gasteiger partial charge in [0.2, 0.25) is 5.91 Å². The minimum atomic E-state index is -1.05. The van der Waals surface area contributed by atoms with Crippen LogP contribution >= 0.6 is 0 Å². The molecule has 1 N–H and O–H groups in total. The number of aromatic nitrogens is 4. The molecule has 2 aromatic carbocycles. The standard InChI is InChI=1S/C23H26N6O3/c1-32-22(31)23(12-5-13-28(16-23)15-19-6-3-2-4-7-19)25-21(30)14-18-8-10-20(11-9-18)29-17-24-26-27-29/h2-4,6-11,17H,5,12-16H2,1H3,(H,25,30). The molecular formula is C23H26N6O3. The number of carbonyl (C=O) groups is 2. The van der Waals surface area contributed by atoms with Crippen LogP contribution < -0.4 is 5.32 Å². The third-order valence-corrected chi connectivity index (χ3v) is 5.69. The largest absolute Gasteiger partial charge is 0.467 e. The number of amides is 1. The van der Waals surface area contributed by atoms with Crippen molar-refractivity contribution in [2.75, 3.05) is 20.2 Å². The molecule has 1 fully saturated rings. The molecule has 1 aliphatic heterocycles. The number of nitrogens with zero attached hydrogens (tertiary/aromatic N) is 5. The zero-order valence-electron chi connectivity index (χ0n) is 18.0. The van der Waals surface area contributed by atoms with Gasteiger partial charge in [0.15, 0.2) is 5.54 Å². The first kappa shape index (κ1) is 21.6. The lowest BCUT2D eigenvalue weighted by Crippen LogP contribution is -2.63. The maximum Gasteiger partial charge on any atom is 0.332 e. The lowest BCUT2D eigenvalue weighted by atomic mass is 9.88. The summed E-state index contributed by atoms with van der Waals surface area (Å²) in [5, 5.41) is 14.1. The Bertz CT molecular complexity index is 1040. The second-order valence-electron chi connectivity index (χ2n) is 8.02. The third-order valence-electron chi connectivity index (χ3n) is 5.69. The number of benzene rings is 2. The summed E-state index contributed by atoms with van der Waals surface area (Å²) in [5.74, 6) is -0.621. The van der Waals surface area contributed by atoms with Crippen molar-refractivity contribution in [1.29, 1.82) is 0 Å². The van der Waals surface area contributed by atoms with Gasteiger partial charge in [-0.2, -0.15) is 0 Å². The zero-order valence-corrected chi connectivity index (χ0v) is 18.0. The molecule has 2 heterocycles. The van der Waals surface area contributed by atoms with Gasteiger partial charge in [-0.05, 0) is 53.1 Å². The van der Waals surface area contributed by atoms with E-state index in [1.807, 2.05) is 42.5 Å². The summed E-state index contributed by atoms with van der Waals surface area (Å²) in [5.41, 5.74) is 1.75. The molecule has 0 saturated carbocycles. The molecule has 0 bridgehead atoms. The summed E-state index contributed by atoms with van der Waals surface area (Å²) in [6.45, 7) is 1.99. The van der Waals surface area contributed by atoms with Crippen LogP contribution in [0.25, 0.3) is 5.69 Å². The van der Waals surface area contributed by atoms with Crippen molar-refractivity contribution >= 4 is 11.9 Å². The van der Waals surface area contributed by atoms with Crippen LogP contribution in [0, 0.1) is 0 Å². The molecule has 166 valence electrons. The summed E-state index contributed by atoms with van der Waals surface area (Å²) in [4.78, 5) is 27.9. The normalized spacial score (nSPS) is 18.8. The Morgan fingerprint density at radius 1 is 1.09 bits per heavy atom. The minimum absolute atomic E-state index is 0.160. The Hall–Kier alpha value is -3.59. The van der Waals surface area contributed by atoms with Gasteiger partial charge in [0.05, 0.1) is 19.2 Å². The Kier molecular flexibility index (Phi) is 6.55. The highest BCUT2D eigenvalue weighted by atomic mass is 16.5. The molecule has 32 heavy (non-hydrogen) atoms. The van der Waals surface area contributed by atoms with Gasteiger partial charge in [-0.3, -0.25) is 9.69 Å². The molecule has 0 spiro atoms. The molecule has 1 aliphatic rings. The van der Waals surface area contributed by atoms with E-state index < -0.39 is 11.5 Å². The van der Waals surface area contributed by atoms with E-state index in [0.717, 1.165) is 24.2 Å². The fourth-order valence-electron chi connectivity index (χ4n) is 4.18. The van der Waals surface area contributed by atoms with E-state index in [0.29, 0.717) is 19.5 Å². The Morgan fingerprint density at radius 3 is 2.56 bits per heavy atom. The molecule has 9 nitrogen and oxygen atoms in total. The summed E-state index contributed by atoms with van der Waals surface area (Å²) in [7, 11) is 1.37. The van der Waals surface area contributed by atoms with Crippen LogP contribution in [-0.4, -0.2) is 62.7 Å². The van der Waals surface area contributed by atoms with E-state index in [9.17, 15) is 9.59 Å². The summed E-state index contributed by atoms with van der Waals surface area (Å²) in [6, 6.07) is 17.5. The number of methoxy groups -OCH3 is 1. The summed E-state index contributed by atoms with van der Waals surface area (Å²) >= 11 is 0. The Morgan fingerprint density at radius 2 is 1.88 bits per heavy atom. The average Bonchev–Trinajstić information content (AvgIpc) is 3.35. The van der Waals surface area contributed by atoms with Crippen molar-refractivity contribution in [3.63, 3.8) is 0 Å². The molecule has 3 aromatic rings. The summed E-state index contributed by atoms with van der Waals surface area (Å²) in [6.07, 6.45) is 3.01. The molecular weight excluding hydrogens is 408 g/mol. The molecule has 9 heteroatoms. The van der Waals surface area contributed by atoms with Crippen LogP contribution in [0.1, 0.15) is 24.0 Å². The summed E-state index contributed by atoms with van der Waals surface area (Å²) < 4.78 is 6.64. The first-order chi connectivity index (χ1) is 15.6. The second-order valence-corrected chi connectivity index (χ2v) is 8.02. The highest BCUT2D eigenvalue weighted by molar-refractivity contribution is 5.89. The molecule has 1 unspecified atom stereocenters. The number of tetrazole rings is 1. The highest BCUT2D eigenvalue weighted by Crippen LogP contribution is 2.25. The van der Waals surface area contributed by atoms with Gasteiger partial charge < -0.3 is 10.1 Å². The van der Waals surface area contributed by atoms with E-state index >= 15 is 0 Å². The van der Waals surface area contributed by atoms with Crippen molar-refractivity contribution in [2.24, 2.45) is 0 Å². The first-order valence-corrected chi connectivity index (χ1v) is 10.6. The van der Waals surface area contributed by atoms with Crippen LogP contribution in [0.3, 0.4) is 0 Å². The second kappa shape index (κ2) is 9.69. The monoisotopic (exact) mass is 434 g/mol. The van der Waals surface area contributed by atoms with Crippen LogP contribution in [-0.2, 0) is 27.3 Å². The average molecular weight is 435 g/mol. The molecule has 1 aromatic heterocycles. The van der Waals surface area contributed by atoms with Crippen LogP contribution in [0.15, 0.2) is 60.9 Å². The highest BCUT2D eigenvalue weighted by Gasteiger charge is 2.44. The van der Waals surface area contributed by atoms with Gasteiger partial charge in [-0.1, -0.05) is 42.5 Å². The first-order valence-electron chi connectivity index (χ1n) is 10.6. The Balaban J connectivity index is 1.43. The van der Waals surface area contributed by atoms with Gasteiger partial charge in [-0.15, -0.1) is 5.10 Å². The van der Waals surface area contributed by atoms with Gasteiger partial charge in [0.1, 0.15) is 6.33 Å². The lowest BCUT2D eigenvalue weighted by molar-refractivity contribution is -0.153. The molecule has 1 amide bonds. The van der Waals surface area contributed by atoms with Gasteiger partial charge in [-0.25, -0.2) is 9.48 Å². The third kappa shape index (κ3) is 5.00. The van der Waals surface area contributed by atoms with E-state index in [4.69, 9.17) is 4.74 Å². The topological polar surface area (TPSA) is 102 Å². The number of nitrogens with one attached hydrogen (secondary N) is 1. The predicted molar refractivity (Wildman–Crippen MR) is 117 cm³/mol. The van der Waals surface area contributed by atoms with Crippen molar-refractivity contribution in [2.45, 2.75) is 31.3 Å². The van der Waals surface area contributed by atoms with Crippen LogP contribution in [0.2, 0.25) is 0 Å². The smallest absolute Gasteiger partial charge is 0.332 e. The van der Waals surface area contributed by atoms with E-state index in [-0.39, 0.29) is 12.3 Å². The van der Waals surface area contributed by atoms with Gasteiger partial charge >= 0.3 is 5.97 Å². The van der Waals surface area contributed by atoms with Gasteiger partial charge in [0.25, 0.3) is 0 Å². The van der Waals surface area contributed by atoms with E-state index in [2.05, 4.69) is 37.9 Å². The Labute approximate surface area is 186 Å². The lowest BCUT2D eigenvalue weighted by Gasteiger charge is -2.41. The fraction of sp³-hybridized carbons (Fsp3) is 0.348. The molecule has 1 atom stereocenters. The van der Waals surface area contributed by atoms with E-state index in [1.54, 1.807) is 4.68 Å². The SMILES string of the molecule is COC(=O)C1(NC(=O)Cc2ccc(-n3cnnn3)cc2)CCCN(Cc2ccccc2)C1. The number of esters is 1.